The Morgan fingerprint density at radius 3 is 2.42 bits per heavy atom. The maximum absolute atomic E-state index is 13.9. The van der Waals surface area contributed by atoms with E-state index < -0.39 is 5.41 Å². The summed E-state index contributed by atoms with van der Waals surface area (Å²) >= 11 is 0. The van der Waals surface area contributed by atoms with Crippen LogP contribution < -0.4 is 5.73 Å². The van der Waals surface area contributed by atoms with Gasteiger partial charge in [-0.15, -0.1) is 0 Å². The molecule has 2 fully saturated rings. The molecule has 3 aliphatic rings. The molecular weight excluding hydrogens is 414 g/mol. The van der Waals surface area contributed by atoms with Crippen LogP contribution in [0, 0.1) is 17.3 Å². The first kappa shape index (κ1) is 21.8. The van der Waals surface area contributed by atoms with Crippen LogP contribution in [0.3, 0.4) is 0 Å². The molecule has 6 nitrogen and oxygen atoms in total. The van der Waals surface area contributed by atoms with Crippen molar-refractivity contribution in [1.29, 1.82) is 0 Å². The topological polar surface area (TPSA) is 83.7 Å². The van der Waals surface area contributed by atoms with Crippen molar-refractivity contribution >= 4 is 17.6 Å². The molecule has 2 aliphatic heterocycles. The van der Waals surface area contributed by atoms with Crippen molar-refractivity contribution in [2.45, 2.75) is 32.2 Å². The van der Waals surface area contributed by atoms with Gasteiger partial charge in [0.2, 0.25) is 11.8 Å². The number of hydrogen-bond donors (Lipinski definition) is 1. The second-order valence-electron chi connectivity index (χ2n) is 9.85. The number of aryl methyl sites for hydroxylation is 1. The smallest absolute Gasteiger partial charge is 0.228 e. The predicted octanol–water partition coefficient (Wildman–Crippen LogP) is 2.66. The van der Waals surface area contributed by atoms with Gasteiger partial charge in [-0.05, 0) is 36.8 Å². The van der Waals surface area contributed by atoms with Crippen LogP contribution in [0.1, 0.15) is 40.7 Å². The predicted molar refractivity (Wildman–Crippen MR) is 125 cm³/mol. The number of amides is 2. The number of likely N-dealkylation sites (tertiary alicyclic amines) is 2. The molecule has 2 heterocycles. The molecule has 2 amide bonds. The number of primary amides is 1. The van der Waals surface area contributed by atoms with E-state index in [0.717, 1.165) is 24.1 Å². The molecule has 0 radical (unpaired) electrons. The van der Waals surface area contributed by atoms with Gasteiger partial charge in [0, 0.05) is 44.2 Å². The Morgan fingerprint density at radius 2 is 1.70 bits per heavy atom. The zero-order chi connectivity index (χ0) is 23.0. The highest BCUT2D eigenvalue weighted by Gasteiger charge is 2.57. The maximum atomic E-state index is 13.9. The number of Topliss-reactive ketones (excluding diaryl/α,β-unsaturated/α-hetero) is 1. The second-order valence-corrected chi connectivity index (χ2v) is 9.85. The molecule has 2 saturated heterocycles. The van der Waals surface area contributed by atoms with Crippen molar-refractivity contribution in [2.75, 3.05) is 26.2 Å². The lowest BCUT2D eigenvalue weighted by Crippen LogP contribution is -2.51. The normalized spacial score (nSPS) is 25.9. The van der Waals surface area contributed by atoms with E-state index in [1.165, 1.54) is 5.56 Å². The summed E-state index contributed by atoms with van der Waals surface area (Å²) in [4.78, 5) is 43.5. The minimum absolute atomic E-state index is 0.0567. The molecule has 2 aromatic carbocycles. The number of rotatable bonds is 4. The largest absolute Gasteiger partial charge is 0.369 e. The van der Waals surface area contributed by atoms with Crippen LogP contribution in [0.4, 0.5) is 0 Å². The Morgan fingerprint density at radius 1 is 1.00 bits per heavy atom. The van der Waals surface area contributed by atoms with E-state index in [1.54, 1.807) is 0 Å². The quantitative estimate of drug-likeness (QED) is 0.784. The molecule has 2 N–H and O–H groups in total. The van der Waals surface area contributed by atoms with Gasteiger partial charge in [0.15, 0.2) is 5.78 Å². The van der Waals surface area contributed by atoms with Crippen molar-refractivity contribution in [3.63, 3.8) is 0 Å². The SMILES string of the molecule is NC(=O)C1CCN(C(=O)[C@@H]2CN(Cc3ccccc3)C[C@]23CCc2ccccc2C3=O)CC1. The van der Waals surface area contributed by atoms with E-state index in [-0.39, 0.29) is 29.4 Å². The van der Waals surface area contributed by atoms with Crippen molar-refractivity contribution in [3.05, 3.63) is 71.3 Å². The lowest BCUT2D eigenvalue weighted by molar-refractivity contribution is -0.140. The first-order chi connectivity index (χ1) is 16.0. The summed E-state index contributed by atoms with van der Waals surface area (Å²) < 4.78 is 0. The monoisotopic (exact) mass is 445 g/mol. The second kappa shape index (κ2) is 8.75. The molecule has 1 aliphatic carbocycles. The van der Waals surface area contributed by atoms with Gasteiger partial charge < -0.3 is 10.6 Å². The minimum atomic E-state index is -0.694. The van der Waals surface area contributed by atoms with Gasteiger partial charge in [-0.25, -0.2) is 0 Å². The summed E-state index contributed by atoms with van der Waals surface area (Å²) in [5, 5.41) is 0. The van der Waals surface area contributed by atoms with Crippen LogP contribution in [0.5, 0.6) is 0 Å². The molecule has 0 unspecified atom stereocenters. The van der Waals surface area contributed by atoms with Gasteiger partial charge in [-0.3, -0.25) is 19.3 Å². The van der Waals surface area contributed by atoms with Crippen molar-refractivity contribution < 1.29 is 14.4 Å². The minimum Gasteiger partial charge on any atom is -0.369 e. The molecule has 172 valence electrons. The zero-order valence-corrected chi connectivity index (χ0v) is 18.9. The van der Waals surface area contributed by atoms with Crippen LogP contribution in [0.2, 0.25) is 0 Å². The van der Waals surface area contributed by atoms with E-state index >= 15 is 0 Å². The Kier molecular flexibility index (Phi) is 5.79. The molecular formula is C27H31N3O3. The Bertz CT molecular complexity index is 1060. The van der Waals surface area contributed by atoms with Crippen LogP contribution in [-0.2, 0) is 22.6 Å². The summed E-state index contributed by atoms with van der Waals surface area (Å²) in [5.41, 5.74) is 7.84. The third kappa shape index (κ3) is 3.97. The Balaban J connectivity index is 1.43. The van der Waals surface area contributed by atoms with Gasteiger partial charge in [-0.2, -0.15) is 0 Å². The van der Waals surface area contributed by atoms with Crippen LogP contribution in [-0.4, -0.2) is 53.6 Å². The van der Waals surface area contributed by atoms with Gasteiger partial charge in [0.25, 0.3) is 0 Å². The van der Waals surface area contributed by atoms with E-state index in [2.05, 4.69) is 17.0 Å². The van der Waals surface area contributed by atoms with Crippen LogP contribution >= 0.6 is 0 Å². The summed E-state index contributed by atoms with van der Waals surface area (Å²) in [7, 11) is 0. The number of ketones is 1. The number of carbonyl (C=O) groups is 3. The standard InChI is InChI=1S/C27H31N3O3/c28-25(32)21-11-14-30(15-12-21)26(33)23-17-29(16-19-6-2-1-3-7-19)18-27(23)13-10-20-8-4-5-9-22(20)24(27)31/h1-9,21,23H,10-18H2,(H2,28,32)/t23-,27+/m0/s1. The highest BCUT2D eigenvalue weighted by Crippen LogP contribution is 2.47. The molecule has 0 aromatic heterocycles. The number of hydrogen-bond acceptors (Lipinski definition) is 4. The molecule has 2 aromatic rings. The lowest BCUT2D eigenvalue weighted by atomic mass is 9.64. The number of benzene rings is 2. The maximum Gasteiger partial charge on any atom is 0.228 e. The van der Waals surface area contributed by atoms with Crippen molar-refractivity contribution in [1.82, 2.24) is 9.80 Å². The fourth-order valence-corrected chi connectivity index (χ4v) is 6.07. The lowest BCUT2D eigenvalue weighted by Gasteiger charge is -2.40. The fraction of sp³-hybridized carbons (Fsp3) is 0.444. The molecule has 2 atom stereocenters. The Labute approximate surface area is 194 Å². The molecule has 1 spiro atoms. The number of fused-ring (bicyclic) bond motifs is 1. The third-order valence-electron chi connectivity index (χ3n) is 7.92. The molecule has 5 rings (SSSR count). The van der Waals surface area contributed by atoms with Gasteiger partial charge >= 0.3 is 0 Å². The highest BCUT2D eigenvalue weighted by molar-refractivity contribution is 6.06. The first-order valence-corrected chi connectivity index (χ1v) is 11.9. The van der Waals surface area contributed by atoms with Crippen LogP contribution in [0.25, 0.3) is 0 Å². The summed E-state index contributed by atoms with van der Waals surface area (Å²) in [5.74, 6) is -0.643. The summed E-state index contributed by atoms with van der Waals surface area (Å²) in [6, 6.07) is 18.1. The van der Waals surface area contributed by atoms with E-state index in [4.69, 9.17) is 5.73 Å². The van der Waals surface area contributed by atoms with E-state index in [1.807, 2.05) is 47.4 Å². The molecule has 0 saturated carbocycles. The average Bonchev–Trinajstić information content (AvgIpc) is 3.20. The highest BCUT2D eigenvalue weighted by atomic mass is 16.2. The molecule has 0 bridgehead atoms. The summed E-state index contributed by atoms with van der Waals surface area (Å²) in [6.45, 7) is 2.97. The fourth-order valence-electron chi connectivity index (χ4n) is 6.07. The molecule has 33 heavy (non-hydrogen) atoms. The average molecular weight is 446 g/mol. The number of nitrogens with two attached hydrogens (primary N) is 1. The van der Waals surface area contributed by atoms with E-state index in [9.17, 15) is 14.4 Å². The zero-order valence-electron chi connectivity index (χ0n) is 18.9. The van der Waals surface area contributed by atoms with Gasteiger partial charge in [0.05, 0.1) is 11.3 Å². The number of nitrogens with zero attached hydrogens (tertiary/aromatic N) is 2. The van der Waals surface area contributed by atoms with Crippen LogP contribution in [0.15, 0.2) is 54.6 Å². The number of piperidine rings is 1. The number of carbonyl (C=O) groups excluding carboxylic acids is 3. The van der Waals surface area contributed by atoms with Crippen molar-refractivity contribution in [2.24, 2.45) is 23.0 Å². The Hall–Kier alpha value is -2.99. The first-order valence-electron chi connectivity index (χ1n) is 11.9. The molecule has 6 heteroatoms. The van der Waals surface area contributed by atoms with Gasteiger partial charge in [-0.1, -0.05) is 54.6 Å². The van der Waals surface area contributed by atoms with Crippen molar-refractivity contribution in [3.8, 4) is 0 Å². The summed E-state index contributed by atoms with van der Waals surface area (Å²) in [6.07, 6.45) is 2.72. The van der Waals surface area contributed by atoms with Gasteiger partial charge in [0.1, 0.15) is 0 Å². The third-order valence-corrected chi connectivity index (χ3v) is 7.92. The van der Waals surface area contributed by atoms with E-state index in [0.29, 0.717) is 45.4 Å².